The summed E-state index contributed by atoms with van der Waals surface area (Å²) in [5, 5.41) is 3.00. The summed E-state index contributed by atoms with van der Waals surface area (Å²) in [7, 11) is 3.34. The molecule has 2 aromatic carbocycles. The highest BCUT2D eigenvalue weighted by atomic mass is 19.3. The summed E-state index contributed by atoms with van der Waals surface area (Å²) in [6.07, 6.45) is 2.36. The zero-order chi connectivity index (χ0) is 20.3. The maximum atomic E-state index is 12.6. The van der Waals surface area contributed by atoms with E-state index < -0.39 is 6.61 Å². The van der Waals surface area contributed by atoms with Crippen LogP contribution in [0.2, 0.25) is 0 Å². The van der Waals surface area contributed by atoms with E-state index in [1.165, 1.54) is 11.0 Å². The standard InChI is InChI=1S/C21H22F2N2O3/c1-25(2)20(27)14-8-6-13(7-9-14)19(26)24-18-5-3-4-15-12-16(28-21(22)23)10-11-17(15)18/h6-12,18,21H,3-5H2,1-2H3,(H,24,26)/t18-/m1/s1. The number of ether oxygens (including phenoxy) is 1. The Labute approximate surface area is 162 Å². The number of fused-ring (bicyclic) bond motifs is 1. The number of rotatable bonds is 5. The molecule has 0 aliphatic heterocycles. The molecule has 1 aliphatic carbocycles. The van der Waals surface area contributed by atoms with Crippen LogP contribution in [0.5, 0.6) is 5.75 Å². The van der Waals surface area contributed by atoms with Gasteiger partial charge in [-0.05, 0) is 66.8 Å². The first-order valence-corrected chi connectivity index (χ1v) is 9.05. The molecule has 5 nitrogen and oxygen atoms in total. The van der Waals surface area contributed by atoms with E-state index >= 15 is 0 Å². The monoisotopic (exact) mass is 388 g/mol. The van der Waals surface area contributed by atoms with Crippen LogP contribution in [0.4, 0.5) is 8.78 Å². The molecule has 7 heteroatoms. The minimum absolute atomic E-state index is 0.127. The number of amides is 2. The molecule has 0 heterocycles. The number of nitrogens with one attached hydrogen (secondary N) is 1. The summed E-state index contributed by atoms with van der Waals surface area (Å²) in [5.41, 5.74) is 2.79. The van der Waals surface area contributed by atoms with Crippen LogP contribution in [0, 0.1) is 0 Å². The van der Waals surface area contributed by atoms with Gasteiger partial charge in [-0.3, -0.25) is 9.59 Å². The largest absolute Gasteiger partial charge is 0.435 e. The van der Waals surface area contributed by atoms with Gasteiger partial charge in [0.2, 0.25) is 0 Å². The van der Waals surface area contributed by atoms with Crippen molar-refractivity contribution in [2.45, 2.75) is 31.9 Å². The maximum absolute atomic E-state index is 12.6. The molecule has 2 amide bonds. The normalized spacial score (nSPS) is 15.7. The number of benzene rings is 2. The second-order valence-electron chi connectivity index (χ2n) is 6.93. The fourth-order valence-electron chi connectivity index (χ4n) is 3.38. The molecule has 3 rings (SSSR count). The van der Waals surface area contributed by atoms with E-state index in [1.54, 1.807) is 50.5 Å². The molecule has 0 saturated heterocycles. The number of halogens is 2. The van der Waals surface area contributed by atoms with Gasteiger partial charge in [0.05, 0.1) is 6.04 Å². The van der Waals surface area contributed by atoms with Crippen LogP contribution in [0.3, 0.4) is 0 Å². The maximum Gasteiger partial charge on any atom is 0.387 e. The van der Waals surface area contributed by atoms with Crippen molar-refractivity contribution in [3.05, 3.63) is 64.7 Å². The molecule has 0 aromatic heterocycles. The molecule has 148 valence electrons. The number of hydrogen-bond donors (Lipinski definition) is 1. The smallest absolute Gasteiger partial charge is 0.387 e. The number of alkyl halides is 2. The third-order valence-corrected chi connectivity index (χ3v) is 4.76. The van der Waals surface area contributed by atoms with Crippen molar-refractivity contribution in [1.82, 2.24) is 10.2 Å². The van der Waals surface area contributed by atoms with E-state index in [1.807, 2.05) is 0 Å². The molecule has 28 heavy (non-hydrogen) atoms. The molecule has 0 unspecified atom stereocenters. The molecular formula is C21H22F2N2O3. The van der Waals surface area contributed by atoms with E-state index in [9.17, 15) is 18.4 Å². The van der Waals surface area contributed by atoms with Gasteiger partial charge < -0.3 is 15.0 Å². The molecule has 0 bridgehead atoms. The minimum Gasteiger partial charge on any atom is -0.435 e. The molecule has 0 saturated carbocycles. The number of nitrogens with zero attached hydrogens (tertiary/aromatic N) is 1. The number of carbonyl (C=O) groups is 2. The lowest BCUT2D eigenvalue weighted by Crippen LogP contribution is -2.31. The predicted octanol–water partition coefficient (Wildman–Crippen LogP) is 3.80. The summed E-state index contributed by atoms with van der Waals surface area (Å²) in [6.45, 7) is -2.86. The van der Waals surface area contributed by atoms with Crippen molar-refractivity contribution in [3.63, 3.8) is 0 Å². The second kappa shape index (κ2) is 8.37. The van der Waals surface area contributed by atoms with Crippen LogP contribution in [0.25, 0.3) is 0 Å². The van der Waals surface area contributed by atoms with Gasteiger partial charge in [-0.2, -0.15) is 8.78 Å². The second-order valence-corrected chi connectivity index (χ2v) is 6.93. The summed E-state index contributed by atoms with van der Waals surface area (Å²) in [5.74, 6) is -0.244. The number of hydrogen-bond acceptors (Lipinski definition) is 3. The summed E-state index contributed by atoms with van der Waals surface area (Å²) >= 11 is 0. The van der Waals surface area contributed by atoms with Gasteiger partial charge in [-0.1, -0.05) is 6.07 Å². The number of aryl methyl sites for hydroxylation is 1. The van der Waals surface area contributed by atoms with Gasteiger partial charge in [-0.25, -0.2) is 0 Å². The Morgan fingerprint density at radius 2 is 1.79 bits per heavy atom. The Hall–Kier alpha value is -2.96. The summed E-state index contributed by atoms with van der Waals surface area (Å²) in [6, 6.07) is 11.1. The first kappa shape index (κ1) is 19.8. The average Bonchev–Trinajstić information content (AvgIpc) is 2.67. The highest BCUT2D eigenvalue weighted by Crippen LogP contribution is 2.32. The zero-order valence-corrected chi connectivity index (χ0v) is 15.7. The van der Waals surface area contributed by atoms with E-state index in [0.717, 1.165) is 30.4 Å². The Morgan fingerprint density at radius 1 is 1.11 bits per heavy atom. The molecular weight excluding hydrogens is 366 g/mol. The van der Waals surface area contributed by atoms with Gasteiger partial charge >= 0.3 is 6.61 Å². The van der Waals surface area contributed by atoms with Crippen LogP contribution < -0.4 is 10.1 Å². The average molecular weight is 388 g/mol. The van der Waals surface area contributed by atoms with Crippen LogP contribution in [0.15, 0.2) is 42.5 Å². The quantitative estimate of drug-likeness (QED) is 0.848. The Balaban J connectivity index is 1.72. The van der Waals surface area contributed by atoms with E-state index in [4.69, 9.17) is 0 Å². The van der Waals surface area contributed by atoms with Gasteiger partial charge in [0, 0.05) is 25.2 Å². The summed E-state index contributed by atoms with van der Waals surface area (Å²) < 4.78 is 29.3. The van der Waals surface area contributed by atoms with E-state index in [2.05, 4.69) is 10.1 Å². The lowest BCUT2D eigenvalue weighted by Gasteiger charge is -2.27. The SMILES string of the molecule is CN(C)C(=O)c1ccc(C(=O)N[C@@H]2CCCc3cc(OC(F)F)ccc32)cc1. The lowest BCUT2D eigenvalue weighted by atomic mass is 9.87. The molecule has 0 spiro atoms. The van der Waals surface area contributed by atoms with Crippen molar-refractivity contribution in [1.29, 1.82) is 0 Å². The fourth-order valence-corrected chi connectivity index (χ4v) is 3.38. The topological polar surface area (TPSA) is 58.6 Å². The lowest BCUT2D eigenvalue weighted by molar-refractivity contribution is -0.0499. The molecule has 1 N–H and O–H groups in total. The van der Waals surface area contributed by atoms with Gasteiger partial charge in [0.1, 0.15) is 5.75 Å². The third-order valence-electron chi connectivity index (χ3n) is 4.76. The third kappa shape index (κ3) is 4.47. The Kier molecular flexibility index (Phi) is 5.92. The molecule has 2 aromatic rings. The van der Waals surface area contributed by atoms with E-state index in [-0.39, 0.29) is 23.6 Å². The highest BCUT2D eigenvalue weighted by Gasteiger charge is 2.23. The van der Waals surface area contributed by atoms with Crippen molar-refractivity contribution in [2.24, 2.45) is 0 Å². The van der Waals surface area contributed by atoms with Crippen LogP contribution in [0.1, 0.15) is 50.7 Å². The Bertz CT molecular complexity index is 866. The van der Waals surface area contributed by atoms with Gasteiger partial charge in [0.15, 0.2) is 0 Å². The highest BCUT2D eigenvalue weighted by molar-refractivity contribution is 5.97. The zero-order valence-electron chi connectivity index (χ0n) is 15.7. The minimum atomic E-state index is -2.86. The first-order valence-electron chi connectivity index (χ1n) is 9.05. The molecule has 1 aliphatic rings. The van der Waals surface area contributed by atoms with Crippen LogP contribution >= 0.6 is 0 Å². The van der Waals surface area contributed by atoms with Crippen LogP contribution in [-0.2, 0) is 6.42 Å². The molecule has 0 radical (unpaired) electrons. The van der Waals surface area contributed by atoms with Gasteiger partial charge in [-0.15, -0.1) is 0 Å². The first-order chi connectivity index (χ1) is 13.3. The number of carbonyl (C=O) groups excluding carboxylic acids is 2. The van der Waals surface area contributed by atoms with Crippen molar-refractivity contribution >= 4 is 11.8 Å². The summed E-state index contributed by atoms with van der Waals surface area (Å²) in [4.78, 5) is 26.0. The van der Waals surface area contributed by atoms with Crippen molar-refractivity contribution in [2.75, 3.05) is 14.1 Å². The fraction of sp³-hybridized carbons (Fsp3) is 0.333. The van der Waals surface area contributed by atoms with Crippen molar-refractivity contribution in [3.8, 4) is 5.75 Å². The van der Waals surface area contributed by atoms with Crippen molar-refractivity contribution < 1.29 is 23.1 Å². The molecule has 0 fully saturated rings. The molecule has 1 atom stereocenters. The van der Waals surface area contributed by atoms with Crippen LogP contribution in [-0.4, -0.2) is 37.4 Å². The van der Waals surface area contributed by atoms with Gasteiger partial charge in [0.25, 0.3) is 11.8 Å². The Morgan fingerprint density at radius 3 is 2.43 bits per heavy atom. The van der Waals surface area contributed by atoms with E-state index in [0.29, 0.717) is 11.1 Å². The predicted molar refractivity (Wildman–Crippen MR) is 101 cm³/mol.